The lowest BCUT2D eigenvalue weighted by atomic mass is 9.89. The summed E-state index contributed by atoms with van der Waals surface area (Å²) in [5, 5.41) is 11.1. The Hall–Kier alpha value is -1.82. The summed E-state index contributed by atoms with van der Waals surface area (Å²) in [5.74, 6) is 0.940. The fourth-order valence-corrected chi connectivity index (χ4v) is 2.79. The van der Waals surface area contributed by atoms with E-state index in [1.54, 1.807) is 6.07 Å². The molecule has 1 aliphatic rings. The molecule has 1 aromatic carbocycles. The van der Waals surface area contributed by atoms with Crippen molar-refractivity contribution in [3.63, 3.8) is 0 Å². The highest BCUT2D eigenvalue weighted by atomic mass is 19.1. The van der Waals surface area contributed by atoms with Gasteiger partial charge in [-0.2, -0.15) is 0 Å². The Kier molecular flexibility index (Phi) is 5.38. The van der Waals surface area contributed by atoms with E-state index in [0.717, 1.165) is 31.5 Å². The Balaban J connectivity index is 2.06. The van der Waals surface area contributed by atoms with Crippen LogP contribution in [0.1, 0.15) is 24.3 Å². The van der Waals surface area contributed by atoms with Crippen LogP contribution in [-0.4, -0.2) is 49.5 Å². The molecule has 0 saturated carbocycles. The summed E-state index contributed by atoms with van der Waals surface area (Å²) in [6.07, 6.45) is 0.851. The molecule has 0 spiro atoms. The molecular formula is C15H21FN2O3. The van der Waals surface area contributed by atoms with Crippen LogP contribution in [0, 0.1) is 0 Å². The van der Waals surface area contributed by atoms with Gasteiger partial charge in [-0.15, -0.1) is 0 Å². The third-order valence-electron chi connectivity index (χ3n) is 3.93. The van der Waals surface area contributed by atoms with E-state index in [-0.39, 0.29) is 6.67 Å². The predicted octanol–water partition coefficient (Wildman–Crippen LogP) is 2.93. The van der Waals surface area contributed by atoms with Gasteiger partial charge in [-0.25, -0.2) is 9.18 Å². The molecule has 116 valence electrons. The van der Waals surface area contributed by atoms with Crippen molar-refractivity contribution in [1.82, 2.24) is 4.90 Å². The lowest BCUT2D eigenvalue weighted by Crippen LogP contribution is -2.34. The molecule has 1 fully saturated rings. The van der Waals surface area contributed by atoms with Crippen molar-refractivity contribution in [2.24, 2.45) is 0 Å². The highest BCUT2D eigenvalue weighted by molar-refractivity contribution is 5.85. The maximum absolute atomic E-state index is 12.3. The number of carboxylic acid groups (broad SMARTS) is 1. The summed E-state index contributed by atoms with van der Waals surface area (Å²) in [6, 6.07) is 5.56. The Bertz CT molecular complexity index is 488. The first-order chi connectivity index (χ1) is 10.1. The predicted molar refractivity (Wildman–Crippen MR) is 79.0 cm³/mol. The van der Waals surface area contributed by atoms with Gasteiger partial charge in [0, 0.05) is 6.54 Å². The number of rotatable bonds is 5. The SMILES string of the molecule is COc1cc(C2CCN(CCF)CC2)ccc1NC(=O)O. The van der Waals surface area contributed by atoms with Crippen LogP contribution in [0.5, 0.6) is 5.75 Å². The number of alkyl halides is 1. The monoisotopic (exact) mass is 296 g/mol. The van der Waals surface area contributed by atoms with Crippen molar-refractivity contribution in [3.8, 4) is 5.75 Å². The second-order valence-electron chi connectivity index (χ2n) is 5.19. The third kappa shape index (κ3) is 4.07. The van der Waals surface area contributed by atoms with Crippen molar-refractivity contribution in [2.75, 3.05) is 38.7 Å². The largest absolute Gasteiger partial charge is 0.495 e. The number of carbonyl (C=O) groups is 1. The maximum atomic E-state index is 12.3. The minimum Gasteiger partial charge on any atom is -0.495 e. The number of hydrogen-bond donors (Lipinski definition) is 2. The number of methoxy groups -OCH3 is 1. The number of likely N-dealkylation sites (tertiary alicyclic amines) is 1. The highest BCUT2D eigenvalue weighted by Gasteiger charge is 2.21. The van der Waals surface area contributed by atoms with E-state index in [0.29, 0.717) is 23.9 Å². The third-order valence-corrected chi connectivity index (χ3v) is 3.93. The molecule has 0 aliphatic carbocycles. The van der Waals surface area contributed by atoms with Gasteiger partial charge in [0.05, 0.1) is 12.8 Å². The number of anilines is 1. The second kappa shape index (κ2) is 7.26. The molecule has 1 aromatic rings. The Morgan fingerprint density at radius 2 is 2.19 bits per heavy atom. The molecule has 0 unspecified atom stereocenters. The summed E-state index contributed by atoms with van der Waals surface area (Å²) >= 11 is 0. The van der Waals surface area contributed by atoms with Crippen LogP contribution in [0.2, 0.25) is 0 Å². The number of amides is 1. The fraction of sp³-hybridized carbons (Fsp3) is 0.533. The van der Waals surface area contributed by atoms with Gasteiger partial charge in [-0.05, 0) is 49.5 Å². The number of hydrogen-bond acceptors (Lipinski definition) is 3. The van der Waals surface area contributed by atoms with Gasteiger partial charge in [-0.1, -0.05) is 6.07 Å². The highest BCUT2D eigenvalue weighted by Crippen LogP contribution is 2.33. The minimum atomic E-state index is -1.11. The minimum absolute atomic E-state index is 0.298. The first-order valence-electron chi connectivity index (χ1n) is 7.10. The van der Waals surface area contributed by atoms with Gasteiger partial charge < -0.3 is 14.7 Å². The van der Waals surface area contributed by atoms with Crippen LogP contribution in [0.25, 0.3) is 0 Å². The first-order valence-corrected chi connectivity index (χ1v) is 7.10. The maximum Gasteiger partial charge on any atom is 0.409 e. The van der Waals surface area contributed by atoms with Gasteiger partial charge in [0.25, 0.3) is 0 Å². The quantitative estimate of drug-likeness (QED) is 0.877. The molecule has 0 aromatic heterocycles. The van der Waals surface area contributed by atoms with E-state index in [1.165, 1.54) is 7.11 Å². The van der Waals surface area contributed by atoms with Gasteiger partial charge in [-0.3, -0.25) is 5.32 Å². The fourth-order valence-electron chi connectivity index (χ4n) is 2.79. The van der Waals surface area contributed by atoms with Crippen molar-refractivity contribution in [1.29, 1.82) is 0 Å². The summed E-state index contributed by atoms with van der Waals surface area (Å²) in [5.41, 5.74) is 1.59. The van der Waals surface area contributed by atoms with Crippen LogP contribution in [0.4, 0.5) is 14.9 Å². The molecule has 21 heavy (non-hydrogen) atoms. The van der Waals surface area contributed by atoms with E-state index in [2.05, 4.69) is 10.2 Å². The molecular weight excluding hydrogens is 275 g/mol. The molecule has 5 nitrogen and oxygen atoms in total. The molecule has 1 heterocycles. The number of benzene rings is 1. The number of piperidine rings is 1. The lowest BCUT2D eigenvalue weighted by molar-refractivity contribution is 0.197. The van der Waals surface area contributed by atoms with Crippen LogP contribution in [-0.2, 0) is 0 Å². The molecule has 0 radical (unpaired) electrons. The summed E-state index contributed by atoms with van der Waals surface area (Å²) in [6.45, 7) is 2.00. The standard InChI is InChI=1S/C15H21FN2O3/c1-21-14-10-12(2-3-13(14)17-15(19)20)11-4-7-18(8-5-11)9-6-16/h2-3,10-11,17H,4-9H2,1H3,(H,19,20). The van der Waals surface area contributed by atoms with E-state index in [9.17, 15) is 9.18 Å². The zero-order chi connectivity index (χ0) is 15.2. The first kappa shape index (κ1) is 15.6. The van der Waals surface area contributed by atoms with Crippen LogP contribution < -0.4 is 10.1 Å². The van der Waals surface area contributed by atoms with E-state index in [4.69, 9.17) is 9.84 Å². The number of ether oxygens (including phenoxy) is 1. The lowest BCUT2D eigenvalue weighted by Gasteiger charge is -2.31. The second-order valence-corrected chi connectivity index (χ2v) is 5.19. The van der Waals surface area contributed by atoms with Crippen LogP contribution >= 0.6 is 0 Å². The zero-order valence-electron chi connectivity index (χ0n) is 12.1. The van der Waals surface area contributed by atoms with E-state index >= 15 is 0 Å². The molecule has 1 saturated heterocycles. The van der Waals surface area contributed by atoms with Gasteiger partial charge >= 0.3 is 6.09 Å². The number of nitrogens with one attached hydrogen (secondary N) is 1. The summed E-state index contributed by atoms with van der Waals surface area (Å²) in [4.78, 5) is 12.9. The molecule has 0 bridgehead atoms. The van der Waals surface area contributed by atoms with E-state index in [1.807, 2.05) is 12.1 Å². The van der Waals surface area contributed by atoms with Gasteiger partial charge in [0.2, 0.25) is 0 Å². The molecule has 6 heteroatoms. The van der Waals surface area contributed by atoms with Crippen molar-refractivity contribution < 1.29 is 19.0 Å². The Morgan fingerprint density at radius 1 is 1.48 bits per heavy atom. The van der Waals surface area contributed by atoms with Crippen molar-refractivity contribution >= 4 is 11.8 Å². The van der Waals surface area contributed by atoms with Crippen LogP contribution in [0.3, 0.4) is 0 Å². The smallest absolute Gasteiger partial charge is 0.409 e. The number of halogens is 1. The van der Waals surface area contributed by atoms with Gasteiger partial charge in [0.15, 0.2) is 0 Å². The van der Waals surface area contributed by atoms with Crippen molar-refractivity contribution in [3.05, 3.63) is 23.8 Å². The van der Waals surface area contributed by atoms with Crippen LogP contribution in [0.15, 0.2) is 18.2 Å². The zero-order valence-corrected chi connectivity index (χ0v) is 12.1. The average molecular weight is 296 g/mol. The molecule has 2 N–H and O–H groups in total. The van der Waals surface area contributed by atoms with E-state index < -0.39 is 6.09 Å². The molecule has 1 aliphatic heterocycles. The van der Waals surface area contributed by atoms with Crippen molar-refractivity contribution in [2.45, 2.75) is 18.8 Å². The Labute approximate surface area is 123 Å². The Morgan fingerprint density at radius 3 is 2.76 bits per heavy atom. The summed E-state index contributed by atoms with van der Waals surface area (Å²) in [7, 11) is 1.52. The number of nitrogens with zero attached hydrogens (tertiary/aromatic N) is 1. The normalized spacial score (nSPS) is 16.7. The molecule has 2 rings (SSSR count). The topological polar surface area (TPSA) is 61.8 Å². The molecule has 0 atom stereocenters. The average Bonchev–Trinajstić information content (AvgIpc) is 2.48. The molecule has 1 amide bonds. The summed E-state index contributed by atoms with van der Waals surface area (Å²) < 4.78 is 17.6. The van der Waals surface area contributed by atoms with Gasteiger partial charge in [0.1, 0.15) is 12.4 Å².